The van der Waals surface area contributed by atoms with Crippen LogP contribution in [0, 0.1) is 11.3 Å². The predicted octanol–water partition coefficient (Wildman–Crippen LogP) is 1.52. The minimum Gasteiger partial charge on any atom is -0.379 e. The quantitative estimate of drug-likeness (QED) is 0.851. The van der Waals surface area contributed by atoms with Gasteiger partial charge in [0.1, 0.15) is 0 Å². The van der Waals surface area contributed by atoms with Crippen LogP contribution >= 0.6 is 0 Å². The predicted molar refractivity (Wildman–Crippen MR) is 97.0 cm³/mol. The van der Waals surface area contributed by atoms with Crippen molar-refractivity contribution >= 4 is 5.91 Å². The van der Waals surface area contributed by atoms with Crippen molar-refractivity contribution in [1.82, 2.24) is 15.5 Å². The highest BCUT2D eigenvalue weighted by Gasteiger charge is 2.57. The zero-order valence-electron chi connectivity index (χ0n) is 14.9. The molecule has 2 N–H and O–H groups in total. The van der Waals surface area contributed by atoms with E-state index in [4.69, 9.17) is 4.74 Å². The van der Waals surface area contributed by atoms with Gasteiger partial charge in [-0.3, -0.25) is 9.69 Å². The molecule has 5 nitrogen and oxygen atoms in total. The second-order valence-electron chi connectivity index (χ2n) is 7.79. The number of nitrogens with one attached hydrogen (secondary N) is 2. The van der Waals surface area contributed by atoms with Gasteiger partial charge in [-0.05, 0) is 48.9 Å². The molecule has 136 valence electrons. The lowest BCUT2D eigenvalue weighted by Gasteiger charge is -2.26. The molecule has 2 saturated heterocycles. The number of hydrogen-bond acceptors (Lipinski definition) is 4. The van der Waals surface area contributed by atoms with Crippen molar-refractivity contribution in [3.05, 3.63) is 35.4 Å². The van der Waals surface area contributed by atoms with Gasteiger partial charge in [0, 0.05) is 32.1 Å². The Morgan fingerprint density at radius 3 is 2.56 bits per heavy atom. The molecule has 1 unspecified atom stereocenters. The van der Waals surface area contributed by atoms with Crippen molar-refractivity contribution in [1.29, 1.82) is 0 Å². The highest BCUT2D eigenvalue weighted by molar-refractivity contribution is 5.82. The molecular weight excluding hydrogens is 314 g/mol. The van der Waals surface area contributed by atoms with E-state index in [2.05, 4.69) is 39.8 Å². The van der Waals surface area contributed by atoms with Crippen LogP contribution in [0.3, 0.4) is 0 Å². The second-order valence-corrected chi connectivity index (χ2v) is 7.79. The lowest BCUT2D eigenvalue weighted by atomic mass is 9.92. The summed E-state index contributed by atoms with van der Waals surface area (Å²) in [4.78, 5) is 14.9. The Morgan fingerprint density at radius 2 is 1.84 bits per heavy atom. The van der Waals surface area contributed by atoms with Gasteiger partial charge in [0.25, 0.3) is 0 Å². The smallest absolute Gasteiger partial charge is 0.223 e. The van der Waals surface area contributed by atoms with Crippen molar-refractivity contribution in [2.24, 2.45) is 11.3 Å². The van der Waals surface area contributed by atoms with Gasteiger partial charge >= 0.3 is 0 Å². The molecule has 1 spiro atoms. The van der Waals surface area contributed by atoms with Crippen LogP contribution in [-0.4, -0.2) is 50.2 Å². The molecule has 1 atom stereocenters. The molecule has 3 fully saturated rings. The third-order valence-corrected chi connectivity index (χ3v) is 6.11. The van der Waals surface area contributed by atoms with E-state index in [1.165, 1.54) is 11.1 Å². The van der Waals surface area contributed by atoms with Crippen molar-refractivity contribution in [3.63, 3.8) is 0 Å². The molecular formula is C20H29N3O2. The molecule has 25 heavy (non-hydrogen) atoms. The first-order chi connectivity index (χ1) is 12.3. The highest BCUT2D eigenvalue weighted by atomic mass is 16.5. The molecule has 1 aromatic rings. The highest BCUT2D eigenvalue weighted by Crippen LogP contribution is 2.58. The van der Waals surface area contributed by atoms with Crippen molar-refractivity contribution in [2.75, 3.05) is 39.4 Å². The SMILES string of the molecule is O=C(NCc1ccc(CN2CCOCC2)cc1)C1CC12CCNCC2. The largest absolute Gasteiger partial charge is 0.379 e. The van der Waals surface area contributed by atoms with Crippen LogP contribution in [0.5, 0.6) is 0 Å². The van der Waals surface area contributed by atoms with E-state index in [0.29, 0.717) is 12.0 Å². The van der Waals surface area contributed by atoms with Crippen molar-refractivity contribution < 1.29 is 9.53 Å². The molecule has 1 amide bonds. The summed E-state index contributed by atoms with van der Waals surface area (Å²) in [6.07, 6.45) is 3.39. The molecule has 0 bridgehead atoms. The van der Waals surface area contributed by atoms with E-state index in [-0.39, 0.29) is 11.8 Å². The Labute approximate surface area is 150 Å². The van der Waals surface area contributed by atoms with Gasteiger partial charge in [0.2, 0.25) is 5.91 Å². The number of amides is 1. The number of piperidine rings is 1. The average molecular weight is 343 g/mol. The zero-order valence-corrected chi connectivity index (χ0v) is 14.9. The number of benzene rings is 1. The van der Waals surface area contributed by atoms with E-state index in [9.17, 15) is 4.79 Å². The third-order valence-electron chi connectivity index (χ3n) is 6.11. The molecule has 0 aromatic heterocycles. The zero-order chi connectivity index (χ0) is 17.1. The van der Waals surface area contributed by atoms with E-state index in [1.807, 2.05) is 0 Å². The monoisotopic (exact) mass is 343 g/mol. The number of hydrogen-bond donors (Lipinski definition) is 2. The summed E-state index contributed by atoms with van der Waals surface area (Å²) in [5.74, 6) is 0.495. The van der Waals surface area contributed by atoms with Crippen LogP contribution in [-0.2, 0) is 22.6 Å². The summed E-state index contributed by atoms with van der Waals surface area (Å²) in [5, 5.41) is 6.54. The molecule has 2 aliphatic heterocycles. The average Bonchev–Trinajstić information content (AvgIpc) is 3.35. The maximum atomic E-state index is 12.4. The topological polar surface area (TPSA) is 53.6 Å². The van der Waals surface area contributed by atoms with Crippen LogP contribution in [0.1, 0.15) is 30.4 Å². The Balaban J connectivity index is 1.23. The molecule has 0 radical (unpaired) electrons. The summed E-state index contributed by atoms with van der Waals surface area (Å²) in [6, 6.07) is 8.65. The molecule has 1 aliphatic carbocycles. The van der Waals surface area contributed by atoms with Gasteiger partial charge < -0.3 is 15.4 Å². The molecule has 2 heterocycles. The summed E-state index contributed by atoms with van der Waals surface area (Å²) < 4.78 is 5.39. The van der Waals surface area contributed by atoms with Gasteiger partial charge in [-0.1, -0.05) is 24.3 Å². The fourth-order valence-electron chi connectivity index (χ4n) is 4.29. The minimum atomic E-state index is 0.246. The van der Waals surface area contributed by atoms with E-state index in [0.717, 1.165) is 65.2 Å². The maximum absolute atomic E-state index is 12.4. The number of rotatable bonds is 5. The van der Waals surface area contributed by atoms with E-state index < -0.39 is 0 Å². The van der Waals surface area contributed by atoms with Gasteiger partial charge in [-0.15, -0.1) is 0 Å². The Kier molecular flexibility index (Phi) is 5.06. The Hall–Kier alpha value is -1.43. The number of carbonyl (C=O) groups is 1. The number of morpholine rings is 1. The first kappa shape index (κ1) is 17.0. The normalized spacial score (nSPS) is 25.7. The Morgan fingerprint density at radius 1 is 1.16 bits per heavy atom. The van der Waals surface area contributed by atoms with Gasteiger partial charge in [-0.2, -0.15) is 0 Å². The molecule has 1 saturated carbocycles. The van der Waals surface area contributed by atoms with Crippen molar-refractivity contribution in [2.45, 2.75) is 32.4 Å². The van der Waals surface area contributed by atoms with Crippen LogP contribution in [0.15, 0.2) is 24.3 Å². The number of ether oxygens (including phenoxy) is 1. The summed E-state index contributed by atoms with van der Waals surface area (Å²) in [7, 11) is 0. The van der Waals surface area contributed by atoms with Crippen molar-refractivity contribution in [3.8, 4) is 0 Å². The first-order valence-electron chi connectivity index (χ1n) is 9.62. The number of nitrogens with zero attached hydrogens (tertiary/aromatic N) is 1. The second kappa shape index (κ2) is 7.44. The molecule has 5 heteroatoms. The summed E-state index contributed by atoms with van der Waals surface area (Å²) in [6.45, 7) is 7.44. The Bertz CT molecular complexity index is 589. The van der Waals surface area contributed by atoms with Crippen LogP contribution in [0.4, 0.5) is 0 Å². The molecule has 1 aromatic carbocycles. The van der Waals surface area contributed by atoms with Gasteiger partial charge in [0.05, 0.1) is 13.2 Å². The molecule has 3 aliphatic rings. The van der Waals surface area contributed by atoms with Gasteiger partial charge in [-0.25, -0.2) is 0 Å². The van der Waals surface area contributed by atoms with Gasteiger partial charge in [0.15, 0.2) is 0 Å². The fourth-order valence-corrected chi connectivity index (χ4v) is 4.29. The van der Waals surface area contributed by atoms with Crippen LogP contribution in [0.2, 0.25) is 0 Å². The molecule has 4 rings (SSSR count). The van der Waals surface area contributed by atoms with E-state index in [1.54, 1.807) is 0 Å². The van der Waals surface area contributed by atoms with Crippen LogP contribution in [0.25, 0.3) is 0 Å². The van der Waals surface area contributed by atoms with E-state index >= 15 is 0 Å². The standard InChI is InChI=1S/C20H29N3O2/c24-19(18-13-20(18)5-7-21-8-6-20)22-14-16-1-3-17(4-2-16)15-23-9-11-25-12-10-23/h1-4,18,21H,5-15H2,(H,22,24). The lowest BCUT2D eigenvalue weighted by Crippen LogP contribution is -2.35. The summed E-state index contributed by atoms with van der Waals surface area (Å²) in [5.41, 5.74) is 2.82. The minimum absolute atomic E-state index is 0.246. The third kappa shape index (κ3) is 4.05. The maximum Gasteiger partial charge on any atom is 0.223 e. The fraction of sp³-hybridized carbons (Fsp3) is 0.650. The first-order valence-corrected chi connectivity index (χ1v) is 9.62. The number of carbonyl (C=O) groups excluding carboxylic acids is 1. The van der Waals surface area contributed by atoms with Crippen LogP contribution < -0.4 is 10.6 Å². The summed E-state index contributed by atoms with van der Waals surface area (Å²) >= 11 is 0. The lowest BCUT2D eigenvalue weighted by molar-refractivity contribution is -0.123.